The Kier molecular flexibility index (Phi) is 3.32. The predicted molar refractivity (Wildman–Crippen MR) is 71.3 cm³/mol. The number of carbonyl (C=O) groups is 2. The van der Waals surface area contributed by atoms with Crippen molar-refractivity contribution in [1.82, 2.24) is 10.3 Å². The van der Waals surface area contributed by atoms with Crippen LogP contribution >= 0.6 is 11.6 Å². The van der Waals surface area contributed by atoms with E-state index in [1.54, 1.807) is 4.90 Å². The van der Waals surface area contributed by atoms with E-state index in [0.717, 1.165) is 6.07 Å². The molecule has 1 atom stereocenters. The lowest BCUT2D eigenvalue weighted by atomic mass is 9.85. The molecule has 0 saturated carbocycles. The van der Waals surface area contributed by atoms with E-state index in [4.69, 9.17) is 11.6 Å². The van der Waals surface area contributed by atoms with Crippen molar-refractivity contribution in [3.8, 4) is 0 Å². The molecule has 2 saturated heterocycles. The minimum atomic E-state index is -4.51. The molecule has 0 bridgehead atoms. The van der Waals surface area contributed by atoms with Crippen LogP contribution in [0.5, 0.6) is 0 Å². The number of pyridine rings is 1. The van der Waals surface area contributed by atoms with E-state index in [9.17, 15) is 22.8 Å². The highest BCUT2D eigenvalue weighted by atomic mass is 35.5. The highest BCUT2D eigenvalue weighted by Crippen LogP contribution is 2.41. The molecule has 2 aliphatic heterocycles. The Morgan fingerprint density at radius 3 is 2.64 bits per heavy atom. The zero-order chi connectivity index (χ0) is 16.1. The first-order valence-corrected chi connectivity index (χ1v) is 6.91. The molecule has 0 radical (unpaired) electrons. The second-order valence-corrected chi connectivity index (χ2v) is 5.94. The summed E-state index contributed by atoms with van der Waals surface area (Å²) in [7, 11) is 0. The van der Waals surface area contributed by atoms with Gasteiger partial charge in [0.2, 0.25) is 11.8 Å². The summed E-state index contributed by atoms with van der Waals surface area (Å²) in [6.45, 7) is 0.613. The first-order valence-electron chi connectivity index (χ1n) is 6.53. The number of nitrogens with zero attached hydrogens (tertiary/aromatic N) is 2. The maximum Gasteiger partial charge on any atom is 0.417 e. The van der Waals surface area contributed by atoms with Gasteiger partial charge in [0, 0.05) is 25.7 Å². The van der Waals surface area contributed by atoms with Gasteiger partial charge in [-0.05, 0) is 12.5 Å². The van der Waals surface area contributed by atoms with Crippen molar-refractivity contribution < 1.29 is 22.8 Å². The quantitative estimate of drug-likeness (QED) is 0.798. The molecular formula is C13H11ClF3N3O2. The second-order valence-electron chi connectivity index (χ2n) is 5.53. The van der Waals surface area contributed by atoms with E-state index < -0.39 is 17.2 Å². The van der Waals surface area contributed by atoms with Crippen LogP contribution < -0.4 is 10.2 Å². The van der Waals surface area contributed by atoms with Crippen molar-refractivity contribution >= 4 is 29.2 Å². The van der Waals surface area contributed by atoms with E-state index in [2.05, 4.69) is 10.3 Å². The number of halogens is 4. The largest absolute Gasteiger partial charge is 0.417 e. The lowest BCUT2D eigenvalue weighted by Gasteiger charge is -2.22. The summed E-state index contributed by atoms with van der Waals surface area (Å²) in [4.78, 5) is 28.7. The fraction of sp³-hybridized carbons (Fsp3) is 0.462. The van der Waals surface area contributed by atoms with E-state index in [1.807, 2.05) is 0 Å². The van der Waals surface area contributed by atoms with Crippen LogP contribution in [0, 0.1) is 5.41 Å². The van der Waals surface area contributed by atoms with Crippen LogP contribution in [0.3, 0.4) is 0 Å². The highest BCUT2D eigenvalue weighted by molar-refractivity contribution is 6.33. The lowest BCUT2D eigenvalue weighted by Crippen LogP contribution is -2.34. The molecule has 2 aliphatic rings. The second kappa shape index (κ2) is 4.84. The number of anilines is 1. The maximum absolute atomic E-state index is 12.6. The average Bonchev–Trinajstić information content (AvgIpc) is 2.93. The standard InChI is InChI=1S/C13H11ClF3N3O2/c14-8-3-7(13(15,16)17)5-18-10(8)20-2-1-12(6-20)4-9(21)19-11(12)22/h3,5H,1-2,4,6H2,(H,19,21,22)/t12-/m0/s1. The molecule has 2 amide bonds. The van der Waals surface area contributed by atoms with Gasteiger partial charge in [-0.15, -0.1) is 0 Å². The fourth-order valence-corrected chi connectivity index (χ4v) is 3.18. The molecule has 0 unspecified atom stereocenters. The van der Waals surface area contributed by atoms with Gasteiger partial charge in [-0.2, -0.15) is 13.2 Å². The third-order valence-electron chi connectivity index (χ3n) is 4.04. The van der Waals surface area contributed by atoms with Crippen molar-refractivity contribution in [3.05, 3.63) is 22.8 Å². The number of aromatic nitrogens is 1. The molecule has 2 fully saturated rings. The van der Waals surface area contributed by atoms with Gasteiger partial charge in [0.1, 0.15) is 5.82 Å². The van der Waals surface area contributed by atoms with Gasteiger partial charge in [-0.25, -0.2) is 4.98 Å². The smallest absolute Gasteiger partial charge is 0.354 e. The van der Waals surface area contributed by atoms with Gasteiger partial charge in [-0.3, -0.25) is 14.9 Å². The number of rotatable bonds is 1. The molecule has 3 heterocycles. The summed E-state index contributed by atoms with van der Waals surface area (Å²) in [6, 6.07) is 0.814. The van der Waals surface area contributed by atoms with Crippen LogP contribution in [0.2, 0.25) is 5.02 Å². The van der Waals surface area contributed by atoms with Crippen LogP contribution in [0.25, 0.3) is 0 Å². The Hall–Kier alpha value is -1.83. The van der Waals surface area contributed by atoms with Gasteiger partial charge in [0.05, 0.1) is 16.0 Å². The average molecular weight is 334 g/mol. The Morgan fingerprint density at radius 1 is 1.36 bits per heavy atom. The lowest BCUT2D eigenvalue weighted by molar-refractivity contribution is -0.137. The van der Waals surface area contributed by atoms with Gasteiger partial charge in [-0.1, -0.05) is 11.6 Å². The molecular weight excluding hydrogens is 323 g/mol. The van der Waals surface area contributed by atoms with Crippen LogP contribution in [-0.2, 0) is 15.8 Å². The molecule has 0 aliphatic carbocycles. The Balaban J connectivity index is 1.85. The van der Waals surface area contributed by atoms with Crippen LogP contribution in [0.1, 0.15) is 18.4 Å². The van der Waals surface area contributed by atoms with Crippen LogP contribution in [-0.4, -0.2) is 29.9 Å². The molecule has 5 nitrogen and oxygen atoms in total. The maximum atomic E-state index is 12.6. The SMILES string of the molecule is O=C1C[C@]2(CCN(c3ncc(C(F)(F)F)cc3Cl)C2)C(=O)N1. The Morgan fingerprint density at radius 2 is 2.09 bits per heavy atom. The molecule has 3 rings (SSSR count). The van der Waals surface area contributed by atoms with Gasteiger partial charge < -0.3 is 4.90 Å². The van der Waals surface area contributed by atoms with Gasteiger partial charge >= 0.3 is 6.18 Å². The zero-order valence-electron chi connectivity index (χ0n) is 11.2. The Labute approximate surface area is 128 Å². The summed E-state index contributed by atoms with van der Waals surface area (Å²) in [5.74, 6) is -0.486. The van der Waals surface area contributed by atoms with E-state index in [-0.39, 0.29) is 35.6 Å². The molecule has 1 aromatic heterocycles. The topological polar surface area (TPSA) is 62.3 Å². The molecule has 1 N–H and O–H groups in total. The van der Waals surface area contributed by atoms with Crippen LogP contribution in [0.4, 0.5) is 19.0 Å². The number of hydrogen-bond acceptors (Lipinski definition) is 4. The Bertz CT molecular complexity index is 664. The van der Waals surface area contributed by atoms with Crippen molar-refractivity contribution in [2.75, 3.05) is 18.0 Å². The van der Waals surface area contributed by atoms with Crippen molar-refractivity contribution in [1.29, 1.82) is 0 Å². The first-order chi connectivity index (χ1) is 10.2. The number of hydrogen-bond donors (Lipinski definition) is 1. The van der Waals surface area contributed by atoms with Gasteiger partial charge in [0.25, 0.3) is 0 Å². The summed E-state index contributed by atoms with van der Waals surface area (Å²) >= 11 is 5.90. The number of alkyl halides is 3. The number of imide groups is 1. The third kappa shape index (κ3) is 2.41. The highest BCUT2D eigenvalue weighted by Gasteiger charge is 2.51. The molecule has 1 spiro atoms. The van der Waals surface area contributed by atoms with Crippen molar-refractivity contribution in [2.45, 2.75) is 19.0 Å². The molecule has 0 aromatic carbocycles. The van der Waals surface area contributed by atoms with Crippen molar-refractivity contribution in [3.63, 3.8) is 0 Å². The van der Waals surface area contributed by atoms with E-state index in [0.29, 0.717) is 19.2 Å². The monoisotopic (exact) mass is 333 g/mol. The molecule has 22 heavy (non-hydrogen) atoms. The molecule has 118 valence electrons. The number of nitrogens with one attached hydrogen (secondary N) is 1. The fourth-order valence-electron chi connectivity index (χ4n) is 2.89. The summed E-state index contributed by atoms with van der Waals surface area (Å²) in [5.41, 5.74) is -1.76. The van der Waals surface area contributed by atoms with Crippen molar-refractivity contribution in [2.24, 2.45) is 5.41 Å². The third-order valence-corrected chi connectivity index (χ3v) is 4.31. The van der Waals surface area contributed by atoms with Gasteiger partial charge in [0.15, 0.2) is 0 Å². The minimum Gasteiger partial charge on any atom is -0.354 e. The summed E-state index contributed by atoms with van der Waals surface area (Å²) < 4.78 is 37.8. The minimum absolute atomic E-state index is 0.0839. The number of amides is 2. The predicted octanol–water partition coefficient (Wildman–Crippen LogP) is 2.00. The zero-order valence-corrected chi connectivity index (χ0v) is 12.0. The van der Waals surface area contributed by atoms with E-state index in [1.165, 1.54) is 0 Å². The summed E-state index contributed by atoms with van der Waals surface area (Å²) in [5, 5.41) is 2.13. The number of carbonyl (C=O) groups excluding carboxylic acids is 2. The van der Waals surface area contributed by atoms with Crippen LogP contribution in [0.15, 0.2) is 12.3 Å². The molecule has 9 heteroatoms. The normalized spacial score (nSPS) is 25.2. The first kappa shape index (κ1) is 15.1. The summed E-state index contributed by atoms with van der Waals surface area (Å²) in [6.07, 6.45) is -3.28. The molecule has 1 aromatic rings. The van der Waals surface area contributed by atoms with E-state index >= 15 is 0 Å².